The lowest BCUT2D eigenvalue weighted by atomic mass is 10.1. The van der Waals surface area contributed by atoms with Gasteiger partial charge in [0.15, 0.2) is 0 Å². The van der Waals surface area contributed by atoms with Crippen molar-refractivity contribution in [3.63, 3.8) is 0 Å². The third-order valence-electron chi connectivity index (χ3n) is 4.01. The van der Waals surface area contributed by atoms with E-state index in [-0.39, 0.29) is 5.91 Å². The maximum atomic E-state index is 12.3. The topological polar surface area (TPSA) is 49.0 Å². The summed E-state index contributed by atoms with van der Waals surface area (Å²) in [6.07, 6.45) is 1.76. The van der Waals surface area contributed by atoms with Gasteiger partial charge in [0.25, 0.3) is 5.91 Å². The number of H-pyrrole nitrogens is 1. The van der Waals surface area contributed by atoms with E-state index in [0.29, 0.717) is 6.54 Å². The molecule has 1 heterocycles. The highest BCUT2D eigenvalue weighted by molar-refractivity contribution is 5.93. The molecule has 0 fully saturated rings. The maximum Gasteiger partial charge on any atom is 0.253 e. The van der Waals surface area contributed by atoms with Crippen LogP contribution < -0.4 is 0 Å². The van der Waals surface area contributed by atoms with Gasteiger partial charge in [0.05, 0.1) is 5.69 Å². The minimum absolute atomic E-state index is 0.0604. The van der Waals surface area contributed by atoms with Crippen molar-refractivity contribution in [3.05, 3.63) is 78.0 Å². The SMILES string of the molecule is CN(CCCc1cc(-c2ccccc2)n[nH]1)C(=O)c1ccccc1. The number of aromatic nitrogens is 2. The van der Waals surface area contributed by atoms with Crippen molar-refractivity contribution in [2.75, 3.05) is 13.6 Å². The fourth-order valence-electron chi connectivity index (χ4n) is 2.66. The molecule has 0 atom stereocenters. The van der Waals surface area contributed by atoms with Crippen LogP contribution in [0.25, 0.3) is 11.3 Å². The molecular weight excluding hydrogens is 298 g/mol. The van der Waals surface area contributed by atoms with Crippen molar-refractivity contribution >= 4 is 5.91 Å². The zero-order chi connectivity index (χ0) is 16.8. The number of carbonyl (C=O) groups excluding carboxylic acids is 1. The number of benzene rings is 2. The molecule has 2 aromatic carbocycles. The fourth-order valence-corrected chi connectivity index (χ4v) is 2.66. The molecule has 1 amide bonds. The van der Waals surface area contributed by atoms with Crippen LogP contribution in [-0.2, 0) is 6.42 Å². The summed E-state index contributed by atoms with van der Waals surface area (Å²) in [4.78, 5) is 14.0. The summed E-state index contributed by atoms with van der Waals surface area (Å²) in [5.74, 6) is 0.0604. The zero-order valence-electron chi connectivity index (χ0n) is 13.8. The average Bonchev–Trinajstić information content (AvgIpc) is 3.11. The summed E-state index contributed by atoms with van der Waals surface area (Å²) >= 11 is 0. The number of hydrogen-bond acceptors (Lipinski definition) is 2. The molecule has 1 aromatic heterocycles. The van der Waals surface area contributed by atoms with E-state index in [1.54, 1.807) is 4.90 Å². The number of aromatic amines is 1. The van der Waals surface area contributed by atoms with Gasteiger partial charge in [-0.25, -0.2) is 0 Å². The van der Waals surface area contributed by atoms with Crippen LogP contribution in [0.1, 0.15) is 22.5 Å². The first-order valence-electron chi connectivity index (χ1n) is 8.14. The third kappa shape index (κ3) is 3.90. The molecule has 3 aromatic rings. The number of hydrogen-bond donors (Lipinski definition) is 1. The molecule has 24 heavy (non-hydrogen) atoms. The Balaban J connectivity index is 1.52. The van der Waals surface area contributed by atoms with Crippen LogP contribution in [0.5, 0.6) is 0 Å². The van der Waals surface area contributed by atoms with Gasteiger partial charge in [0.1, 0.15) is 0 Å². The van der Waals surface area contributed by atoms with Crippen LogP contribution in [-0.4, -0.2) is 34.6 Å². The van der Waals surface area contributed by atoms with Crippen LogP contribution in [0.15, 0.2) is 66.7 Å². The monoisotopic (exact) mass is 319 g/mol. The number of aryl methyl sites for hydroxylation is 1. The normalized spacial score (nSPS) is 10.5. The van der Waals surface area contributed by atoms with E-state index >= 15 is 0 Å². The largest absolute Gasteiger partial charge is 0.342 e. The van der Waals surface area contributed by atoms with Crippen molar-refractivity contribution in [2.45, 2.75) is 12.8 Å². The average molecular weight is 319 g/mol. The lowest BCUT2D eigenvalue weighted by Crippen LogP contribution is -2.27. The Morgan fingerprint density at radius 2 is 1.71 bits per heavy atom. The maximum absolute atomic E-state index is 12.3. The van der Waals surface area contributed by atoms with Gasteiger partial charge in [-0.05, 0) is 31.0 Å². The minimum atomic E-state index is 0.0604. The summed E-state index contributed by atoms with van der Waals surface area (Å²) in [5.41, 5.74) is 3.89. The molecule has 0 radical (unpaired) electrons. The van der Waals surface area contributed by atoms with Crippen molar-refractivity contribution in [1.29, 1.82) is 0 Å². The van der Waals surface area contributed by atoms with Crippen LogP contribution >= 0.6 is 0 Å². The molecule has 3 rings (SSSR count). The zero-order valence-corrected chi connectivity index (χ0v) is 13.8. The summed E-state index contributed by atoms with van der Waals surface area (Å²) < 4.78 is 0. The molecule has 122 valence electrons. The highest BCUT2D eigenvalue weighted by Gasteiger charge is 2.11. The molecule has 4 heteroatoms. The van der Waals surface area contributed by atoms with Gasteiger partial charge in [-0.1, -0.05) is 48.5 Å². The molecule has 1 N–H and O–H groups in total. The molecule has 0 spiro atoms. The van der Waals surface area contributed by atoms with E-state index in [4.69, 9.17) is 0 Å². The Kier molecular flexibility index (Phi) is 5.06. The fraction of sp³-hybridized carbons (Fsp3) is 0.200. The summed E-state index contributed by atoms with van der Waals surface area (Å²) in [5, 5.41) is 7.45. The molecule has 0 saturated heterocycles. The Bertz CT molecular complexity index is 781. The second-order valence-electron chi connectivity index (χ2n) is 5.84. The van der Waals surface area contributed by atoms with Gasteiger partial charge in [0, 0.05) is 30.4 Å². The van der Waals surface area contributed by atoms with E-state index < -0.39 is 0 Å². The van der Waals surface area contributed by atoms with Crippen LogP contribution in [0, 0.1) is 0 Å². The lowest BCUT2D eigenvalue weighted by Gasteiger charge is -2.16. The standard InChI is InChI=1S/C20H21N3O/c1-23(20(24)17-11-6-3-7-12-17)14-8-13-18-15-19(22-21-18)16-9-4-2-5-10-16/h2-7,9-12,15H,8,13-14H2,1H3,(H,21,22). The first-order valence-corrected chi connectivity index (χ1v) is 8.14. The highest BCUT2D eigenvalue weighted by Crippen LogP contribution is 2.17. The molecule has 0 aliphatic heterocycles. The Hall–Kier alpha value is -2.88. The summed E-state index contributed by atoms with van der Waals surface area (Å²) in [7, 11) is 1.84. The smallest absolute Gasteiger partial charge is 0.253 e. The summed E-state index contributed by atoms with van der Waals surface area (Å²) in [6, 6.07) is 21.6. The van der Waals surface area contributed by atoms with Gasteiger partial charge in [-0.3, -0.25) is 9.89 Å². The molecule has 0 aliphatic carbocycles. The van der Waals surface area contributed by atoms with Crippen molar-refractivity contribution in [1.82, 2.24) is 15.1 Å². The quantitative estimate of drug-likeness (QED) is 0.751. The van der Waals surface area contributed by atoms with Crippen molar-refractivity contribution in [3.8, 4) is 11.3 Å². The number of carbonyl (C=O) groups is 1. The van der Waals surface area contributed by atoms with Crippen molar-refractivity contribution < 1.29 is 4.79 Å². The number of rotatable bonds is 6. The van der Waals surface area contributed by atoms with Gasteiger partial charge in [0.2, 0.25) is 0 Å². The Morgan fingerprint density at radius 1 is 1.04 bits per heavy atom. The molecule has 0 unspecified atom stereocenters. The third-order valence-corrected chi connectivity index (χ3v) is 4.01. The highest BCUT2D eigenvalue weighted by atomic mass is 16.2. The van der Waals surface area contributed by atoms with Gasteiger partial charge in [-0.15, -0.1) is 0 Å². The Morgan fingerprint density at radius 3 is 2.42 bits per heavy atom. The molecule has 4 nitrogen and oxygen atoms in total. The number of amides is 1. The van der Waals surface area contributed by atoms with E-state index in [1.807, 2.05) is 67.7 Å². The molecule has 0 saturated carbocycles. The predicted octanol–water partition coefficient (Wildman–Crippen LogP) is 3.78. The van der Waals surface area contributed by atoms with Gasteiger partial charge >= 0.3 is 0 Å². The first-order chi connectivity index (χ1) is 11.7. The second-order valence-corrected chi connectivity index (χ2v) is 5.84. The molecule has 0 aliphatic rings. The van der Waals surface area contributed by atoms with E-state index in [0.717, 1.165) is 35.4 Å². The predicted molar refractivity (Wildman–Crippen MR) is 95.7 cm³/mol. The van der Waals surface area contributed by atoms with Gasteiger partial charge < -0.3 is 4.90 Å². The van der Waals surface area contributed by atoms with Crippen LogP contribution in [0.4, 0.5) is 0 Å². The van der Waals surface area contributed by atoms with E-state index in [1.165, 1.54) is 0 Å². The van der Waals surface area contributed by atoms with Gasteiger partial charge in [-0.2, -0.15) is 5.10 Å². The van der Waals surface area contributed by atoms with Crippen LogP contribution in [0.2, 0.25) is 0 Å². The molecular formula is C20H21N3O. The second kappa shape index (κ2) is 7.59. The minimum Gasteiger partial charge on any atom is -0.342 e. The van der Waals surface area contributed by atoms with Crippen molar-refractivity contribution in [2.24, 2.45) is 0 Å². The first kappa shape index (κ1) is 16.0. The number of nitrogens with zero attached hydrogens (tertiary/aromatic N) is 2. The lowest BCUT2D eigenvalue weighted by molar-refractivity contribution is 0.0793. The molecule has 0 bridgehead atoms. The van der Waals surface area contributed by atoms with E-state index in [2.05, 4.69) is 16.3 Å². The number of nitrogens with one attached hydrogen (secondary N) is 1. The van der Waals surface area contributed by atoms with Crippen LogP contribution in [0.3, 0.4) is 0 Å². The summed E-state index contributed by atoms with van der Waals surface area (Å²) in [6.45, 7) is 0.716. The van der Waals surface area contributed by atoms with E-state index in [9.17, 15) is 4.79 Å². The Labute approximate surface area is 142 Å².